The molecule has 1 aliphatic heterocycles. The number of hydrogen-bond donors (Lipinski definition) is 2. The summed E-state index contributed by atoms with van der Waals surface area (Å²) < 4.78 is 18.1. The van der Waals surface area contributed by atoms with Crippen LogP contribution in [0.5, 0.6) is 0 Å². The van der Waals surface area contributed by atoms with Crippen LogP contribution in [0.3, 0.4) is 0 Å². The zero-order chi connectivity index (χ0) is 13.8. The smallest absolute Gasteiger partial charge is 0.337 e. The van der Waals surface area contributed by atoms with Gasteiger partial charge in [-0.1, -0.05) is 0 Å². The SMILES string of the molecule is COC(=O)c1ccc(F)c(NC(=O)[C@H]2CCCN2)c1. The number of amides is 1. The fraction of sp³-hybridized carbons (Fsp3) is 0.385. The molecule has 1 aliphatic rings. The van der Waals surface area contributed by atoms with Gasteiger partial charge in [0, 0.05) is 0 Å². The lowest BCUT2D eigenvalue weighted by molar-refractivity contribution is -0.117. The molecule has 2 rings (SSSR count). The molecular formula is C13H15FN2O3. The number of halogens is 1. The Labute approximate surface area is 110 Å². The van der Waals surface area contributed by atoms with Crippen LogP contribution in [0.25, 0.3) is 0 Å². The van der Waals surface area contributed by atoms with Crippen molar-refractivity contribution in [1.82, 2.24) is 5.32 Å². The van der Waals surface area contributed by atoms with Crippen molar-refractivity contribution in [3.8, 4) is 0 Å². The Morgan fingerprint density at radius 3 is 2.89 bits per heavy atom. The minimum absolute atomic E-state index is 0.0124. The van der Waals surface area contributed by atoms with E-state index < -0.39 is 11.8 Å². The summed E-state index contributed by atoms with van der Waals surface area (Å²) in [6.07, 6.45) is 1.65. The first-order valence-electron chi connectivity index (χ1n) is 6.04. The Kier molecular flexibility index (Phi) is 4.11. The number of carbonyl (C=O) groups is 2. The molecule has 0 spiro atoms. The molecule has 5 nitrogen and oxygen atoms in total. The Bertz CT molecular complexity index is 499. The van der Waals surface area contributed by atoms with Crippen molar-refractivity contribution in [1.29, 1.82) is 0 Å². The molecule has 1 aromatic rings. The second kappa shape index (κ2) is 5.79. The number of nitrogens with one attached hydrogen (secondary N) is 2. The van der Waals surface area contributed by atoms with Crippen LogP contribution >= 0.6 is 0 Å². The number of benzene rings is 1. The number of rotatable bonds is 3. The highest BCUT2D eigenvalue weighted by Gasteiger charge is 2.23. The summed E-state index contributed by atoms with van der Waals surface area (Å²) in [6, 6.07) is 3.41. The predicted molar refractivity (Wildman–Crippen MR) is 67.4 cm³/mol. The van der Waals surface area contributed by atoms with E-state index in [0.29, 0.717) is 0 Å². The van der Waals surface area contributed by atoms with Crippen LogP contribution in [-0.4, -0.2) is 31.6 Å². The molecule has 0 radical (unpaired) electrons. The maximum Gasteiger partial charge on any atom is 0.337 e. The van der Waals surface area contributed by atoms with E-state index >= 15 is 0 Å². The Balaban J connectivity index is 2.14. The monoisotopic (exact) mass is 266 g/mol. The average molecular weight is 266 g/mol. The van der Waals surface area contributed by atoms with Gasteiger partial charge in [0.25, 0.3) is 0 Å². The fourth-order valence-corrected chi connectivity index (χ4v) is 1.99. The molecule has 0 aromatic heterocycles. The highest BCUT2D eigenvalue weighted by Crippen LogP contribution is 2.18. The third-order valence-corrected chi connectivity index (χ3v) is 3.02. The molecule has 1 amide bonds. The van der Waals surface area contributed by atoms with Gasteiger partial charge in [-0.2, -0.15) is 0 Å². The summed E-state index contributed by atoms with van der Waals surface area (Å²) >= 11 is 0. The number of esters is 1. The van der Waals surface area contributed by atoms with Crippen LogP contribution in [0.2, 0.25) is 0 Å². The molecule has 6 heteroatoms. The van der Waals surface area contributed by atoms with Crippen molar-refractivity contribution < 1.29 is 18.7 Å². The van der Waals surface area contributed by atoms with E-state index in [1.807, 2.05) is 0 Å². The maximum atomic E-state index is 13.6. The molecule has 1 heterocycles. The molecule has 0 saturated carbocycles. The van der Waals surface area contributed by atoms with Gasteiger partial charge in [-0.25, -0.2) is 9.18 Å². The number of hydrogen-bond acceptors (Lipinski definition) is 4. The lowest BCUT2D eigenvalue weighted by atomic mass is 10.1. The van der Waals surface area contributed by atoms with Crippen LogP contribution in [0, 0.1) is 5.82 Å². The minimum atomic E-state index is -0.584. The lowest BCUT2D eigenvalue weighted by Gasteiger charge is -2.12. The summed E-state index contributed by atoms with van der Waals surface area (Å²) in [6.45, 7) is 0.781. The zero-order valence-electron chi connectivity index (χ0n) is 10.5. The molecular weight excluding hydrogens is 251 g/mol. The van der Waals surface area contributed by atoms with Gasteiger partial charge in [0.2, 0.25) is 5.91 Å². The number of carbonyl (C=O) groups excluding carboxylic acids is 2. The standard InChI is InChI=1S/C13H15FN2O3/c1-19-13(18)8-4-5-9(14)11(7-8)16-12(17)10-3-2-6-15-10/h4-5,7,10,15H,2-3,6H2,1H3,(H,16,17)/t10-/m1/s1. The van der Waals surface area contributed by atoms with Crippen molar-refractivity contribution in [2.24, 2.45) is 0 Å². The van der Waals surface area contributed by atoms with Crippen molar-refractivity contribution in [3.63, 3.8) is 0 Å². The molecule has 1 aromatic carbocycles. The minimum Gasteiger partial charge on any atom is -0.465 e. The van der Waals surface area contributed by atoms with Gasteiger partial charge in [-0.15, -0.1) is 0 Å². The fourth-order valence-electron chi connectivity index (χ4n) is 1.99. The second-order valence-electron chi connectivity index (χ2n) is 4.32. The van der Waals surface area contributed by atoms with E-state index in [4.69, 9.17) is 0 Å². The summed E-state index contributed by atoms with van der Waals surface area (Å²) in [5.74, 6) is -1.45. The molecule has 0 aliphatic carbocycles. The van der Waals surface area contributed by atoms with Gasteiger partial charge in [-0.05, 0) is 37.6 Å². The van der Waals surface area contributed by atoms with Crippen molar-refractivity contribution in [3.05, 3.63) is 29.6 Å². The number of ether oxygens (including phenoxy) is 1. The average Bonchev–Trinajstić information content (AvgIpc) is 2.94. The summed E-state index contributed by atoms with van der Waals surface area (Å²) in [5, 5.41) is 5.51. The summed E-state index contributed by atoms with van der Waals surface area (Å²) in [7, 11) is 1.24. The Hall–Kier alpha value is -1.95. The Morgan fingerprint density at radius 1 is 1.47 bits per heavy atom. The van der Waals surface area contributed by atoms with Crippen LogP contribution < -0.4 is 10.6 Å². The molecule has 0 unspecified atom stereocenters. The van der Waals surface area contributed by atoms with Crippen LogP contribution in [0.15, 0.2) is 18.2 Å². The van der Waals surface area contributed by atoms with E-state index in [1.165, 1.54) is 19.2 Å². The molecule has 0 bridgehead atoms. The van der Waals surface area contributed by atoms with E-state index in [9.17, 15) is 14.0 Å². The van der Waals surface area contributed by atoms with Crippen LogP contribution in [0.1, 0.15) is 23.2 Å². The quantitative estimate of drug-likeness (QED) is 0.809. The normalized spacial score (nSPS) is 18.1. The van der Waals surface area contributed by atoms with E-state index in [-0.39, 0.29) is 23.2 Å². The van der Waals surface area contributed by atoms with Crippen molar-refractivity contribution in [2.45, 2.75) is 18.9 Å². The molecule has 1 saturated heterocycles. The molecule has 2 N–H and O–H groups in total. The number of methoxy groups -OCH3 is 1. The van der Waals surface area contributed by atoms with Gasteiger partial charge in [0.05, 0.1) is 24.4 Å². The molecule has 1 fully saturated rings. The largest absolute Gasteiger partial charge is 0.465 e. The van der Waals surface area contributed by atoms with Gasteiger partial charge in [0.1, 0.15) is 5.82 Å². The van der Waals surface area contributed by atoms with Gasteiger partial charge >= 0.3 is 5.97 Å². The topological polar surface area (TPSA) is 67.4 Å². The molecule has 19 heavy (non-hydrogen) atoms. The van der Waals surface area contributed by atoms with Gasteiger partial charge in [0.15, 0.2) is 0 Å². The first-order chi connectivity index (χ1) is 9.11. The highest BCUT2D eigenvalue weighted by molar-refractivity contribution is 5.97. The highest BCUT2D eigenvalue weighted by atomic mass is 19.1. The summed E-state index contributed by atoms with van der Waals surface area (Å²) in [4.78, 5) is 23.2. The third kappa shape index (κ3) is 3.08. The van der Waals surface area contributed by atoms with E-state index in [0.717, 1.165) is 25.5 Å². The molecule has 102 valence electrons. The number of anilines is 1. The van der Waals surface area contributed by atoms with Crippen LogP contribution in [0.4, 0.5) is 10.1 Å². The molecule has 1 atom stereocenters. The van der Waals surface area contributed by atoms with Crippen LogP contribution in [-0.2, 0) is 9.53 Å². The second-order valence-corrected chi connectivity index (χ2v) is 4.32. The lowest BCUT2D eigenvalue weighted by Crippen LogP contribution is -2.35. The van der Waals surface area contributed by atoms with E-state index in [2.05, 4.69) is 15.4 Å². The predicted octanol–water partition coefficient (Wildman–Crippen LogP) is 1.30. The summed E-state index contributed by atoms with van der Waals surface area (Å²) in [5.41, 5.74) is 0.181. The van der Waals surface area contributed by atoms with Gasteiger partial charge < -0.3 is 15.4 Å². The maximum absolute atomic E-state index is 13.6. The van der Waals surface area contributed by atoms with Gasteiger partial charge in [-0.3, -0.25) is 4.79 Å². The third-order valence-electron chi connectivity index (χ3n) is 3.02. The zero-order valence-corrected chi connectivity index (χ0v) is 10.5. The first kappa shape index (κ1) is 13.5. The van der Waals surface area contributed by atoms with Crippen molar-refractivity contribution in [2.75, 3.05) is 19.0 Å². The van der Waals surface area contributed by atoms with E-state index in [1.54, 1.807) is 0 Å². The van der Waals surface area contributed by atoms with Crippen molar-refractivity contribution >= 4 is 17.6 Å². The first-order valence-corrected chi connectivity index (χ1v) is 6.04. The Morgan fingerprint density at radius 2 is 2.26 bits per heavy atom.